The van der Waals surface area contributed by atoms with Crippen molar-refractivity contribution in [2.24, 2.45) is 11.8 Å². The second-order valence-corrected chi connectivity index (χ2v) is 5.66. The van der Waals surface area contributed by atoms with Gasteiger partial charge in [-0.15, -0.1) is 0 Å². The summed E-state index contributed by atoms with van der Waals surface area (Å²) >= 11 is 0. The van der Waals surface area contributed by atoms with Crippen LogP contribution in [0.5, 0.6) is 0 Å². The molecule has 2 unspecified atom stereocenters. The van der Waals surface area contributed by atoms with E-state index in [9.17, 15) is 9.59 Å². The first-order valence-corrected chi connectivity index (χ1v) is 7.38. The van der Waals surface area contributed by atoms with Crippen molar-refractivity contribution < 1.29 is 19.1 Å². The molecule has 110 valence electrons. The van der Waals surface area contributed by atoms with Crippen molar-refractivity contribution in [3.05, 3.63) is 0 Å². The third-order valence-electron chi connectivity index (χ3n) is 3.71. The minimum absolute atomic E-state index is 0.0232. The van der Waals surface area contributed by atoms with Crippen LogP contribution >= 0.6 is 0 Å². The standard InChI is InChI=1S/C8H14O2.C7H12O2/c1-6(2)7-4-3-5-8(9)10-7;1-2-6-3-4-7(8)9-5-6/h6-7H,3-5H2,1-2H3;6H,2-5H2,1H3. The molecule has 0 aromatic heterocycles. The maximum Gasteiger partial charge on any atom is 0.306 e. The van der Waals surface area contributed by atoms with Crippen LogP contribution in [0.4, 0.5) is 0 Å². The Labute approximate surface area is 115 Å². The monoisotopic (exact) mass is 270 g/mol. The van der Waals surface area contributed by atoms with E-state index in [1.165, 1.54) is 0 Å². The van der Waals surface area contributed by atoms with Crippen molar-refractivity contribution in [1.82, 2.24) is 0 Å². The van der Waals surface area contributed by atoms with Crippen molar-refractivity contribution in [1.29, 1.82) is 0 Å². The molecule has 4 nitrogen and oxygen atoms in total. The molecule has 0 bridgehead atoms. The molecule has 2 heterocycles. The first-order valence-electron chi connectivity index (χ1n) is 7.38. The molecule has 2 atom stereocenters. The van der Waals surface area contributed by atoms with Gasteiger partial charge in [-0.3, -0.25) is 9.59 Å². The number of ether oxygens (including phenoxy) is 2. The minimum atomic E-state index is -0.0281. The summed E-state index contributed by atoms with van der Waals surface area (Å²) in [5, 5.41) is 0. The van der Waals surface area contributed by atoms with Gasteiger partial charge in [-0.2, -0.15) is 0 Å². The van der Waals surface area contributed by atoms with Gasteiger partial charge < -0.3 is 9.47 Å². The minimum Gasteiger partial charge on any atom is -0.465 e. The molecule has 2 aliphatic heterocycles. The second-order valence-electron chi connectivity index (χ2n) is 5.66. The maximum atomic E-state index is 10.8. The van der Waals surface area contributed by atoms with Gasteiger partial charge in [0.25, 0.3) is 0 Å². The summed E-state index contributed by atoms with van der Waals surface area (Å²) in [4.78, 5) is 21.3. The quantitative estimate of drug-likeness (QED) is 0.724. The van der Waals surface area contributed by atoms with E-state index in [-0.39, 0.29) is 18.0 Å². The van der Waals surface area contributed by atoms with E-state index in [0.29, 0.717) is 31.3 Å². The average Bonchev–Trinajstić information content (AvgIpc) is 2.40. The maximum absolute atomic E-state index is 10.8. The normalized spacial score (nSPS) is 27.2. The van der Waals surface area contributed by atoms with Gasteiger partial charge in [0.2, 0.25) is 0 Å². The summed E-state index contributed by atoms with van der Waals surface area (Å²) in [5.74, 6) is 1.05. The Bertz CT molecular complexity index is 289. The number of esters is 2. The van der Waals surface area contributed by atoms with E-state index in [4.69, 9.17) is 9.47 Å². The predicted octanol–water partition coefficient (Wildman–Crippen LogP) is 3.09. The zero-order valence-corrected chi connectivity index (χ0v) is 12.3. The Hall–Kier alpha value is -1.06. The van der Waals surface area contributed by atoms with Crippen LogP contribution in [0, 0.1) is 11.8 Å². The van der Waals surface area contributed by atoms with Gasteiger partial charge >= 0.3 is 11.9 Å². The lowest BCUT2D eigenvalue weighted by molar-refractivity contribution is -0.156. The SMILES string of the molecule is CC(C)C1CCCC(=O)O1.CCC1CCC(=O)OC1. The van der Waals surface area contributed by atoms with Crippen molar-refractivity contribution in [3.63, 3.8) is 0 Å². The van der Waals surface area contributed by atoms with Gasteiger partial charge in [-0.25, -0.2) is 0 Å². The second kappa shape index (κ2) is 8.18. The van der Waals surface area contributed by atoms with E-state index in [2.05, 4.69) is 20.8 Å². The van der Waals surface area contributed by atoms with Gasteiger partial charge in [0.1, 0.15) is 6.10 Å². The van der Waals surface area contributed by atoms with E-state index < -0.39 is 0 Å². The molecule has 0 aliphatic carbocycles. The van der Waals surface area contributed by atoms with Crippen LogP contribution < -0.4 is 0 Å². The number of carbonyl (C=O) groups is 2. The van der Waals surface area contributed by atoms with Gasteiger partial charge in [0.05, 0.1) is 6.61 Å². The molecule has 0 aromatic rings. The van der Waals surface area contributed by atoms with Crippen molar-refractivity contribution in [2.45, 2.75) is 65.4 Å². The fourth-order valence-electron chi connectivity index (χ4n) is 2.21. The molecular weight excluding hydrogens is 244 g/mol. The van der Waals surface area contributed by atoms with Gasteiger partial charge in [0, 0.05) is 12.8 Å². The summed E-state index contributed by atoms with van der Waals surface area (Å²) in [7, 11) is 0. The summed E-state index contributed by atoms with van der Waals surface area (Å²) in [6.45, 7) is 6.95. The molecular formula is C15H26O4. The highest BCUT2D eigenvalue weighted by molar-refractivity contribution is 5.70. The number of carbonyl (C=O) groups excluding carboxylic acids is 2. The molecule has 4 heteroatoms. The molecule has 0 amide bonds. The summed E-state index contributed by atoms with van der Waals surface area (Å²) in [6.07, 6.45) is 5.62. The summed E-state index contributed by atoms with van der Waals surface area (Å²) in [6, 6.07) is 0. The Kier molecular flexibility index (Phi) is 6.89. The van der Waals surface area contributed by atoms with E-state index in [0.717, 1.165) is 25.7 Å². The fourth-order valence-corrected chi connectivity index (χ4v) is 2.21. The first-order chi connectivity index (χ1) is 9.02. The van der Waals surface area contributed by atoms with Crippen LogP contribution in [-0.2, 0) is 19.1 Å². The molecule has 0 N–H and O–H groups in total. The van der Waals surface area contributed by atoms with Gasteiger partial charge in [-0.05, 0) is 31.1 Å². The third-order valence-corrected chi connectivity index (χ3v) is 3.71. The molecule has 0 radical (unpaired) electrons. The molecule has 2 aliphatic rings. The van der Waals surface area contributed by atoms with Crippen LogP contribution in [0.3, 0.4) is 0 Å². The Morgan fingerprint density at radius 1 is 1.16 bits per heavy atom. The molecule has 0 aromatic carbocycles. The number of rotatable bonds is 2. The van der Waals surface area contributed by atoms with Crippen molar-refractivity contribution in [2.75, 3.05) is 6.61 Å². The van der Waals surface area contributed by atoms with E-state index in [1.54, 1.807) is 0 Å². The zero-order valence-electron chi connectivity index (χ0n) is 12.3. The van der Waals surface area contributed by atoms with Crippen LogP contribution in [0.2, 0.25) is 0 Å². The highest BCUT2D eigenvalue weighted by Crippen LogP contribution is 2.20. The van der Waals surface area contributed by atoms with Crippen LogP contribution in [0.1, 0.15) is 59.3 Å². The van der Waals surface area contributed by atoms with Crippen LogP contribution in [0.15, 0.2) is 0 Å². The Morgan fingerprint density at radius 2 is 1.89 bits per heavy atom. The highest BCUT2D eigenvalue weighted by Gasteiger charge is 2.22. The number of hydrogen-bond acceptors (Lipinski definition) is 4. The van der Waals surface area contributed by atoms with Gasteiger partial charge in [0.15, 0.2) is 0 Å². The lowest BCUT2D eigenvalue weighted by atomic mass is 9.99. The van der Waals surface area contributed by atoms with Crippen LogP contribution in [0.25, 0.3) is 0 Å². The largest absolute Gasteiger partial charge is 0.465 e. The smallest absolute Gasteiger partial charge is 0.306 e. The predicted molar refractivity (Wildman–Crippen MR) is 72.5 cm³/mol. The average molecular weight is 270 g/mol. The molecule has 2 saturated heterocycles. The van der Waals surface area contributed by atoms with E-state index in [1.807, 2.05) is 0 Å². The van der Waals surface area contributed by atoms with E-state index >= 15 is 0 Å². The molecule has 0 spiro atoms. The molecule has 2 fully saturated rings. The Balaban J connectivity index is 0.000000191. The summed E-state index contributed by atoms with van der Waals surface area (Å²) < 4.78 is 9.95. The lowest BCUT2D eigenvalue weighted by Gasteiger charge is -2.24. The lowest BCUT2D eigenvalue weighted by Crippen LogP contribution is -2.27. The molecule has 0 saturated carbocycles. The number of hydrogen-bond donors (Lipinski definition) is 0. The molecule has 19 heavy (non-hydrogen) atoms. The fraction of sp³-hybridized carbons (Fsp3) is 0.867. The highest BCUT2D eigenvalue weighted by atomic mass is 16.5. The zero-order chi connectivity index (χ0) is 14.3. The first kappa shape index (κ1) is 16.0. The molecule has 2 rings (SSSR count). The van der Waals surface area contributed by atoms with Crippen LogP contribution in [-0.4, -0.2) is 24.6 Å². The topological polar surface area (TPSA) is 52.6 Å². The third kappa shape index (κ3) is 6.08. The van der Waals surface area contributed by atoms with Crippen molar-refractivity contribution in [3.8, 4) is 0 Å². The van der Waals surface area contributed by atoms with Gasteiger partial charge in [-0.1, -0.05) is 27.2 Å². The summed E-state index contributed by atoms with van der Waals surface area (Å²) in [5.41, 5.74) is 0. The number of cyclic esters (lactones) is 2. The Morgan fingerprint density at radius 3 is 2.32 bits per heavy atom. The van der Waals surface area contributed by atoms with Crippen molar-refractivity contribution >= 4 is 11.9 Å².